The lowest BCUT2D eigenvalue weighted by Crippen LogP contribution is -2.71. The van der Waals surface area contributed by atoms with Crippen LogP contribution in [0.15, 0.2) is 0 Å². The molecule has 0 saturated carbocycles. The Balaban J connectivity index is 1.86. The van der Waals surface area contributed by atoms with Crippen LogP contribution in [-0.2, 0) is 4.79 Å². The number of carbonyl (C=O) groups is 1. The summed E-state index contributed by atoms with van der Waals surface area (Å²) in [5, 5.41) is 13.3. The van der Waals surface area contributed by atoms with Gasteiger partial charge >= 0.3 is 0 Å². The van der Waals surface area contributed by atoms with Crippen LogP contribution < -0.4 is 0 Å². The number of nitrogens with zero attached hydrogens (tertiary/aromatic N) is 2. The van der Waals surface area contributed by atoms with Crippen molar-refractivity contribution in [2.24, 2.45) is 11.8 Å². The second kappa shape index (κ2) is 4.19. The van der Waals surface area contributed by atoms with Crippen molar-refractivity contribution in [2.75, 3.05) is 19.6 Å². The van der Waals surface area contributed by atoms with Crippen LogP contribution in [0.3, 0.4) is 0 Å². The lowest BCUT2D eigenvalue weighted by Gasteiger charge is -2.64. The minimum atomic E-state index is -1.86. The van der Waals surface area contributed by atoms with Crippen LogP contribution in [0.5, 0.6) is 0 Å². The molecule has 3 unspecified atom stereocenters. The molecule has 1 amide bonds. The van der Waals surface area contributed by atoms with E-state index < -0.39 is 18.4 Å². The second-order valence-electron chi connectivity index (χ2n) is 6.59. The van der Waals surface area contributed by atoms with E-state index in [2.05, 4.69) is 0 Å². The van der Waals surface area contributed by atoms with Crippen molar-refractivity contribution in [3.63, 3.8) is 0 Å². The minimum Gasteiger partial charge on any atom is -0.633 e. The third kappa shape index (κ3) is 1.69. The molecule has 0 N–H and O–H groups in total. The molecule has 4 heterocycles. The van der Waals surface area contributed by atoms with Gasteiger partial charge in [-0.1, -0.05) is 0 Å². The Morgan fingerprint density at radius 1 is 1.26 bits per heavy atom. The highest BCUT2D eigenvalue weighted by atomic mass is 16.5. The summed E-state index contributed by atoms with van der Waals surface area (Å²) in [5.74, 6) is -0.813. The van der Waals surface area contributed by atoms with Gasteiger partial charge in [-0.25, -0.2) is 0 Å². The molecule has 4 aliphatic rings. The normalized spacial score (nSPS) is 58.4. The Hall–Kier alpha value is -0.610. The summed E-state index contributed by atoms with van der Waals surface area (Å²) in [7, 11) is 0. The van der Waals surface area contributed by atoms with E-state index in [9.17, 15) is 10.0 Å². The molecule has 19 heavy (non-hydrogen) atoms. The third-order valence-corrected chi connectivity index (χ3v) is 5.55. The van der Waals surface area contributed by atoms with Gasteiger partial charge < -0.3 is 14.8 Å². The maximum Gasteiger partial charge on any atom is 0.222 e. The van der Waals surface area contributed by atoms with Crippen LogP contribution >= 0.6 is 0 Å². The third-order valence-electron chi connectivity index (χ3n) is 5.55. The molecule has 0 aliphatic carbocycles. The van der Waals surface area contributed by atoms with E-state index in [1.54, 1.807) is 0 Å². The van der Waals surface area contributed by atoms with Gasteiger partial charge in [-0.3, -0.25) is 4.79 Å². The number of hydrogen-bond acceptors (Lipinski definition) is 2. The van der Waals surface area contributed by atoms with Gasteiger partial charge in [-0.05, 0) is 38.5 Å². The summed E-state index contributed by atoms with van der Waals surface area (Å²) in [5.41, 5.74) is 0. The van der Waals surface area contributed by atoms with E-state index in [0.717, 1.165) is 19.3 Å². The number of piperidine rings is 4. The first-order valence-electron chi connectivity index (χ1n) is 9.22. The van der Waals surface area contributed by atoms with E-state index >= 15 is 0 Å². The van der Waals surface area contributed by atoms with Crippen LogP contribution in [0.2, 0.25) is 0 Å². The van der Waals surface area contributed by atoms with Gasteiger partial charge in [0.1, 0.15) is 0 Å². The zero-order valence-electron chi connectivity index (χ0n) is 14.3. The maximum atomic E-state index is 13.3. The van der Waals surface area contributed by atoms with Gasteiger partial charge in [-0.15, -0.1) is 0 Å². The zero-order chi connectivity index (χ0) is 15.8. The van der Waals surface area contributed by atoms with E-state index in [4.69, 9.17) is 4.11 Å². The summed E-state index contributed by atoms with van der Waals surface area (Å²) in [4.78, 5) is 13.7. The smallest absolute Gasteiger partial charge is 0.222 e. The van der Waals surface area contributed by atoms with Crippen LogP contribution in [0.4, 0.5) is 0 Å². The first-order chi connectivity index (χ1) is 10.3. The van der Waals surface area contributed by atoms with Crippen molar-refractivity contribution in [3.05, 3.63) is 5.21 Å². The fraction of sp³-hybridized carbons (Fsp3) is 0.933. The average Bonchev–Trinajstić information content (AvgIpc) is 2.43. The number of carbonyl (C=O) groups excluding carboxylic acids is 1. The molecule has 4 heteroatoms. The van der Waals surface area contributed by atoms with Crippen LogP contribution in [0.1, 0.15) is 49.1 Å². The largest absolute Gasteiger partial charge is 0.633 e. The Morgan fingerprint density at radius 2 is 2.05 bits per heavy atom. The van der Waals surface area contributed by atoms with E-state index in [-0.39, 0.29) is 22.5 Å². The summed E-state index contributed by atoms with van der Waals surface area (Å²) in [6.45, 7) is -0.748. The zero-order valence-corrected chi connectivity index (χ0v) is 11.3. The molecule has 106 valence electrons. The quantitative estimate of drug-likeness (QED) is 0.497. The topological polar surface area (TPSA) is 43.4 Å². The standard InChI is InChI=1S/C15H24N2O2/c18-14-7-1-6-13-12-5-3-9-17(19)8-2-4-11(15(12)17)10-16(13)14/h11-13,15H,1-10H2/t11?,12-,13-,15?,17?/m1/s1/i10D2,13D. The van der Waals surface area contributed by atoms with Gasteiger partial charge in [0.2, 0.25) is 5.91 Å². The first kappa shape index (κ1) is 9.35. The van der Waals surface area contributed by atoms with Crippen LogP contribution in [0.25, 0.3) is 0 Å². The second-order valence-corrected chi connectivity index (χ2v) is 6.59. The Bertz CT molecular complexity index is 513. The molecule has 4 fully saturated rings. The van der Waals surface area contributed by atoms with Gasteiger partial charge in [0.15, 0.2) is 0 Å². The fourth-order valence-electron chi connectivity index (χ4n) is 4.83. The van der Waals surface area contributed by atoms with Gasteiger partial charge in [0, 0.05) is 33.5 Å². The molecule has 4 saturated heterocycles. The minimum absolute atomic E-state index is 0.169. The average molecular weight is 267 g/mol. The highest BCUT2D eigenvalue weighted by Crippen LogP contribution is 2.47. The summed E-state index contributed by atoms with van der Waals surface area (Å²) in [6, 6.07) is -1.55. The Labute approximate surface area is 119 Å². The van der Waals surface area contributed by atoms with Gasteiger partial charge in [0.25, 0.3) is 0 Å². The number of rotatable bonds is 0. The van der Waals surface area contributed by atoms with Crippen molar-refractivity contribution < 1.29 is 13.6 Å². The lowest BCUT2D eigenvalue weighted by atomic mass is 9.67. The Kier molecular flexibility index (Phi) is 2.06. The number of amides is 1. The molecule has 0 spiro atoms. The fourth-order valence-corrected chi connectivity index (χ4v) is 4.83. The Morgan fingerprint density at radius 3 is 2.89 bits per heavy atom. The lowest BCUT2D eigenvalue weighted by molar-refractivity contribution is -0.925. The molecule has 0 aromatic rings. The summed E-state index contributed by atoms with van der Waals surface area (Å²) < 4.78 is 25.8. The molecule has 0 aromatic carbocycles. The van der Waals surface area contributed by atoms with Crippen molar-refractivity contribution >= 4 is 5.91 Å². The van der Waals surface area contributed by atoms with Crippen molar-refractivity contribution in [2.45, 2.75) is 57.0 Å². The highest BCUT2D eigenvalue weighted by molar-refractivity contribution is 5.77. The SMILES string of the molecule is [2H]C1([2H])C2CCC[N+]3([O-])CCC[C@@H](C23)[C@@]2([2H])CCCC(=O)N12. The molecule has 4 nitrogen and oxygen atoms in total. The van der Waals surface area contributed by atoms with Crippen molar-refractivity contribution in [3.8, 4) is 0 Å². The monoisotopic (exact) mass is 267 g/mol. The molecule has 0 aromatic heterocycles. The van der Waals surface area contributed by atoms with E-state index in [1.807, 2.05) is 0 Å². The summed E-state index contributed by atoms with van der Waals surface area (Å²) >= 11 is 0. The molecule has 0 bridgehead atoms. The molecular formula is C15H24N2O2. The van der Waals surface area contributed by atoms with Crippen LogP contribution in [-0.4, -0.2) is 47.1 Å². The van der Waals surface area contributed by atoms with Crippen LogP contribution in [0, 0.1) is 17.0 Å². The van der Waals surface area contributed by atoms with Gasteiger partial charge in [0.05, 0.1) is 20.5 Å². The van der Waals surface area contributed by atoms with E-state index in [1.165, 1.54) is 4.90 Å². The molecule has 4 rings (SSSR count). The number of fused-ring (bicyclic) bond motifs is 2. The predicted octanol–water partition coefficient (Wildman–Crippen LogP) is 1.88. The van der Waals surface area contributed by atoms with Gasteiger partial charge in [-0.2, -0.15) is 0 Å². The number of hydroxylamine groups is 3. The van der Waals surface area contributed by atoms with E-state index in [0.29, 0.717) is 38.8 Å². The molecule has 4 aliphatic heterocycles. The highest BCUT2D eigenvalue weighted by Gasteiger charge is 2.55. The molecular weight excluding hydrogens is 240 g/mol. The summed E-state index contributed by atoms with van der Waals surface area (Å²) in [6.07, 6.45) is 4.45. The maximum absolute atomic E-state index is 13.3. The first-order valence-corrected chi connectivity index (χ1v) is 7.72. The number of quaternary nitrogens is 1. The van der Waals surface area contributed by atoms with Crippen molar-refractivity contribution in [1.82, 2.24) is 4.90 Å². The van der Waals surface area contributed by atoms with Crippen molar-refractivity contribution in [1.29, 1.82) is 0 Å². The number of hydrogen-bond donors (Lipinski definition) is 0. The molecule has 0 radical (unpaired) electrons. The molecule has 5 atom stereocenters. The predicted molar refractivity (Wildman–Crippen MR) is 71.9 cm³/mol.